The van der Waals surface area contributed by atoms with Gasteiger partial charge in [0.2, 0.25) is 12.3 Å². The topological polar surface area (TPSA) is 197 Å². The molecule has 13 aromatic rings. The second-order valence-electron chi connectivity index (χ2n) is 32.2. The Balaban J connectivity index is 0.000000277. The molecule has 0 bridgehead atoms. The Hall–Kier alpha value is -8.18. The number of hydrogen-bond donors (Lipinski definition) is 1. The van der Waals surface area contributed by atoms with Crippen molar-refractivity contribution in [3.63, 3.8) is 0 Å². The molecule has 3 saturated heterocycles. The molecule has 1 N–H and O–H groups in total. The van der Waals surface area contributed by atoms with E-state index < -0.39 is 20.0 Å². The number of carbonyl (C=O) groups excluding carboxylic acids is 4. The number of alkyl halides is 1. The van der Waals surface area contributed by atoms with Crippen LogP contribution in [0.5, 0.6) is 0 Å². The first-order chi connectivity index (χ1) is 59.6. The van der Waals surface area contributed by atoms with Gasteiger partial charge in [-0.3, -0.25) is 14.4 Å². The van der Waals surface area contributed by atoms with Gasteiger partial charge in [-0.2, -0.15) is 4.57 Å². The molecular formula is C103H107B3Br5KN3O12-. The van der Waals surface area contributed by atoms with Crippen LogP contribution in [-0.2, 0) is 39.3 Å². The number of aromatic nitrogens is 3. The molecule has 3 aliphatic heterocycles. The van der Waals surface area contributed by atoms with Crippen LogP contribution in [0.15, 0.2) is 353 Å². The first-order valence-corrected chi connectivity index (χ1v) is 44.3. The standard InChI is InChI=1S/C29H28BNO2.C23H16BrN.C15H12O.C13H11BrNO.C12H24B2O4.C8H6Br2O.C2H4O2.CH4O.BrH.K.H2.H/c1-28(2)29(3,4)33-30(32-28)25-17-15-23(16-18-25)27-20-24(21-11-7-5-8-12-21)19-26(31-27)22-13-9-6-10-14-22;24-21-13-11-19(12-14-21)23-16-20(17-7-3-1-4-8-17)15-22(25-23)18-9-5-2-6-10-18;16-15(14-9-5-2-6-10-14)12-11-13-7-3-1-4-8-13;14-12-6-4-11(5-7-12)13(16)10-15-8-2-1-3-9-15;1-9(2)10(3,4)16-13(15-9)14-17-11(5,6)12(7,8)18-14;9-5-8(11)6-1-3-7(10)4-2-6;1-2(3)4;1-2;;;;/h5-20H,1-4H3;1-16H;1-12H;1-9H,10H2;1-8H3;1-4H,5H2;1H3,(H,3,4);2H,1H3;1H;;1H;/q;;;+1;;;;;;+1;;-1/p-2/b;;12-11+;;;;;;;;;/i;;;;;;;;;;2*1+1. The van der Waals surface area contributed by atoms with Crippen LogP contribution in [0.25, 0.3) is 73.4 Å². The SMILES string of the molecule is Brc1ccc(-c2cc(-c3ccccc3)cc(-c3ccccc3)n2)cc1.CC(=O)[O-].CC1(C)OB(B2OC(C)(C)C(C)(C)O2)OC1(C)C.CC1(C)OB(c2ccc(-c3cc(-c4ccccc4)cc(-c4ccccc4)n3)cc2)OC1(C)C.CO.O=C(/C=C/c1ccccc1)c1ccccc1.O=C(CBr)c1ccc(Br)cc1.O=C(C[n+]1ccccc1)c1ccc(Br)cc1.[2H-].[2HH].[Br-].[K+]. The number of carboxylic acid groups (broad SMARTS) is 1. The summed E-state index contributed by atoms with van der Waals surface area (Å²) in [7, 11) is -0.320. The molecular weight excluding hydrogens is 1940 g/mol. The molecule has 652 valence electrons. The van der Waals surface area contributed by atoms with Crippen molar-refractivity contribution in [1.82, 2.24) is 9.97 Å². The summed E-state index contributed by atoms with van der Waals surface area (Å²) >= 11 is 13.2. The van der Waals surface area contributed by atoms with E-state index in [1.165, 1.54) is 16.7 Å². The normalized spacial score (nSPS) is 14.6. The summed E-state index contributed by atoms with van der Waals surface area (Å²) in [6.45, 7) is 25.9. The number of benzene rings is 10. The molecule has 127 heavy (non-hydrogen) atoms. The van der Waals surface area contributed by atoms with E-state index in [4.69, 9.17) is 52.9 Å². The number of ketones is 3. The first-order valence-electron chi connectivity index (χ1n) is 40.8. The van der Waals surface area contributed by atoms with Gasteiger partial charge in [0.1, 0.15) is 0 Å². The van der Waals surface area contributed by atoms with Crippen LogP contribution >= 0.6 is 63.7 Å². The maximum atomic E-state index is 11.9. The summed E-state index contributed by atoms with van der Waals surface area (Å²) in [4.78, 5) is 53.5. The molecule has 0 unspecified atom stereocenters. The number of allylic oxidation sites excluding steroid dienone is 1. The molecule has 3 aliphatic rings. The first kappa shape index (κ1) is 106. The van der Waals surface area contributed by atoms with Crippen molar-refractivity contribution >= 4 is 120 Å². The van der Waals surface area contributed by atoms with Gasteiger partial charge in [-0.25, -0.2) is 9.97 Å². The molecule has 0 spiro atoms. The fraction of sp³-hybridized carbons (Fsp3) is 0.214. The number of carboxylic acids is 1. The quantitative estimate of drug-likeness (QED) is 0.0315. The van der Waals surface area contributed by atoms with Crippen LogP contribution < -0.4 is 83.5 Å². The monoisotopic (exact) mass is 2050 g/mol. The van der Waals surface area contributed by atoms with Gasteiger partial charge < -0.3 is 61.3 Å². The summed E-state index contributed by atoms with van der Waals surface area (Å²) in [5, 5.41) is 16.3. The Morgan fingerprint density at radius 3 is 1.00 bits per heavy atom. The minimum Gasteiger partial charge on any atom is -1.00 e. The van der Waals surface area contributed by atoms with Gasteiger partial charge >= 0.3 is 72.5 Å². The maximum absolute atomic E-state index is 11.9. The van der Waals surface area contributed by atoms with E-state index in [0.29, 0.717) is 11.9 Å². The van der Waals surface area contributed by atoms with Crippen molar-refractivity contribution in [2.75, 3.05) is 12.4 Å². The van der Waals surface area contributed by atoms with Crippen LogP contribution in [0, 0.1) is 0 Å². The smallest absolute Gasteiger partial charge is 1.00 e. The van der Waals surface area contributed by atoms with Crippen molar-refractivity contribution in [3.8, 4) is 67.3 Å². The Morgan fingerprint density at radius 1 is 0.386 bits per heavy atom. The Kier molecular flexibility index (Phi) is 41.9. The van der Waals surface area contributed by atoms with Crippen LogP contribution in [0.3, 0.4) is 0 Å². The van der Waals surface area contributed by atoms with Crippen LogP contribution in [-0.4, -0.2) is 106 Å². The number of hydrogen-bond acceptors (Lipinski definition) is 14. The van der Waals surface area contributed by atoms with Crippen molar-refractivity contribution in [1.29, 1.82) is 0 Å². The molecule has 0 atom stereocenters. The number of aliphatic carboxylic acids is 1. The minimum absolute atomic E-state index is 0. The molecule has 0 aliphatic carbocycles. The van der Waals surface area contributed by atoms with Crippen LogP contribution in [0.1, 0.15) is 129 Å². The zero-order chi connectivity index (χ0) is 90.5. The molecule has 24 heteroatoms. The van der Waals surface area contributed by atoms with Crippen molar-refractivity contribution in [2.45, 2.75) is 130 Å². The molecule has 6 heterocycles. The number of aliphatic hydroxyl groups is 1. The molecule has 3 aromatic heterocycles. The summed E-state index contributed by atoms with van der Waals surface area (Å²) in [5.41, 5.74) is 15.0. The number of Topliss-reactive ketones (excluding diaryl/α,β-unsaturated/α-hetero) is 2. The average molecular weight is 2050 g/mol. The van der Waals surface area contributed by atoms with Crippen molar-refractivity contribution in [3.05, 3.63) is 376 Å². The number of carbonyl (C=O) groups is 4. The third-order valence-electron chi connectivity index (χ3n) is 21.5. The molecule has 16 rings (SSSR count). The predicted octanol–water partition coefficient (Wildman–Crippen LogP) is 17.4. The second kappa shape index (κ2) is 50.3. The van der Waals surface area contributed by atoms with Crippen LogP contribution in [0.2, 0.25) is 0 Å². The van der Waals surface area contributed by atoms with E-state index >= 15 is 0 Å². The Labute approximate surface area is 839 Å². The number of rotatable bonds is 16. The van der Waals surface area contributed by atoms with Gasteiger partial charge in [0.05, 0.1) is 61.7 Å². The molecule has 0 amide bonds. The fourth-order valence-electron chi connectivity index (χ4n) is 12.5. The largest absolute Gasteiger partial charge is 1.00 e. The van der Waals surface area contributed by atoms with Crippen LogP contribution in [0.4, 0.5) is 0 Å². The third kappa shape index (κ3) is 31.5. The van der Waals surface area contributed by atoms with E-state index in [0.717, 1.165) is 106 Å². The minimum atomic E-state index is -1.08. The third-order valence-corrected chi connectivity index (χ3v) is 23.6. The number of pyridine rings is 3. The van der Waals surface area contributed by atoms with Gasteiger partial charge in [0, 0.05) is 79.0 Å². The molecule has 15 nitrogen and oxygen atoms in total. The van der Waals surface area contributed by atoms with E-state index in [1.54, 1.807) is 18.2 Å². The number of halogens is 5. The molecule has 3 fully saturated rings. The van der Waals surface area contributed by atoms with E-state index in [9.17, 15) is 14.4 Å². The summed E-state index contributed by atoms with van der Waals surface area (Å²) in [5.74, 6) is -0.828. The van der Waals surface area contributed by atoms with Gasteiger partial charge in [-0.05, 0) is 190 Å². The van der Waals surface area contributed by atoms with Crippen molar-refractivity contribution in [2.24, 2.45) is 0 Å². The summed E-state index contributed by atoms with van der Waals surface area (Å²) in [6.07, 6.45) is 7.20. The summed E-state index contributed by atoms with van der Waals surface area (Å²) < 4.78 is 41.2. The fourth-order valence-corrected chi connectivity index (χ4v) is 13.6. The van der Waals surface area contributed by atoms with Gasteiger partial charge in [-0.15, -0.1) is 0 Å². The Morgan fingerprint density at radius 2 is 0.661 bits per heavy atom. The van der Waals surface area contributed by atoms with Gasteiger partial charge in [-0.1, -0.05) is 319 Å². The average Bonchev–Trinajstić information content (AvgIpc) is 1.59. The predicted molar refractivity (Wildman–Crippen MR) is 522 cm³/mol. The zero-order valence-electron chi connectivity index (χ0n) is 75.2. The van der Waals surface area contributed by atoms with E-state index in [1.807, 2.05) is 254 Å². The molecule has 10 aromatic carbocycles. The molecule has 0 saturated carbocycles. The van der Waals surface area contributed by atoms with Crippen molar-refractivity contribution < 1.29 is 133 Å². The van der Waals surface area contributed by atoms with E-state index in [2.05, 4.69) is 225 Å². The van der Waals surface area contributed by atoms with Gasteiger partial charge in [0.15, 0.2) is 24.0 Å². The maximum Gasteiger partial charge on any atom is 1.00 e. The number of nitrogens with zero attached hydrogens (tertiary/aromatic N) is 3. The Bertz CT molecular complexity index is 5450. The van der Waals surface area contributed by atoms with E-state index in [-0.39, 0.29) is 129 Å². The van der Waals surface area contributed by atoms with Gasteiger partial charge in [0.25, 0.3) is 0 Å². The zero-order valence-corrected chi connectivity index (χ0v) is 85.3. The number of aliphatic hydroxyl groups excluding tert-OH is 1. The second-order valence-corrected chi connectivity index (χ2v) is 35.5. The molecule has 0 radical (unpaired) electrons. The summed E-state index contributed by atoms with van der Waals surface area (Å²) in [6, 6.07) is 106.